The first-order valence-electron chi connectivity index (χ1n) is 9.87. The molecule has 10 heteroatoms. The topological polar surface area (TPSA) is 93.4 Å². The van der Waals surface area contributed by atoms with Gasteiger partial charge in [-0.25, -0.2) is 4.98 Å². The second-order valence-electron chi connectivity index (χ2n) is 7.40. The summed E-state index contributed by atoms with van der Waals surface area (Å²) in [5.41, 5.74) is 2.08. The summed E-state index contributed by atoms with van der Waals surface area (Å²) in [4.78, 5) is 28.8. The number of nitrogens with one attached hydrogen (secondary N) is 1. The summed E-state index contributed by atoms with van der Waals surface area (Å²) in [6, 6.07) is 10.6. The van der Waals surface area contributed by atoms with Gasteiger partial charge in [-0.1, -0.05) is 32.0 Å². The third-order valence-corrected chi connectivity index (χ3v) is 4.72. The maximum Gasteiger partial charge on any atom is 0.573 e. The Morgan fingerprint density at radius 1 is 1.19 bits per heavy atom. The lowest BCUT2D eigenvalue weighted by Gasteiger charge is -2.15. The van der Waals surface area contributed by atoms with E-state index in [0.717, 1.165) is 0 Å². The van der Waals surface area contributed by atoms with Gasteiger partial charge < -0.3 is 19.7 Å². The zero-order valence-corrected chi connectivity index (χ0v) is 17.4. The van der Waals surface area contributed by atoms with Crippen molar-refractivity contribution >= 4 is 16.9 Å². The van der Waals surface area contributed by atoms with E-state index in [1.165, 1.54) is 22.8 Å². The molecule has 2 N–H and O–H groups in total. The highest BCUT2D eigenvalue weighted by Gasteiger charge is 2.31. The first-order valence-corrected chi connectivity index (χ1v) is 9.87. The number of carbonyl (C=O) groups is 1. The molecule has 3 aromatic rings. The lowest BCUT2D eigenvalue weighted by Crippen LogP contribution is -2.34. The van der Waals surface area contributed by atoms with Crippen LogP contribution in [0.5, 0.6) is 5.75 Å². The molecule has 170 valence electrons. The number of fused-ring (bicyclic) bond motifs is 1. The van der Waals surface area contributed by atoms with E-state index >= 15 is 0 Å². The van der Waals surface area contributed by atoms with E-state index in [9.17, 15) is 22.8 Å². The third kappa shape index (κ3) is 5.44. The summed E-state index contributed by atoms with van der Waals surface area (Å²) in [7, 11) is 0. The Hall–Kier alpha value is -3.40. The van der Waals surface area contributed by atoms with Gasteiger partial charge in [0.1, 0.15) is 18.1 Å². The number of benzene rings is 2. The van der Waals surface area contributed by atoms with Crippen LogP contribution in [-0.4, -0.2) is 40.1 Å². The summed E-state index contributed by atoms with van der Waals surface area (Å²) in [6.07, 6.45) is -4.81. The SMILES string of the molecule is CC(C)c1nc2ccc(-c3cccc(OC(F)(F)F)c3)cc2n(CCNC(=O)CO)c1=O. The number of halogens is 3. The van der Waals surface area contributed by atoms with Gasteiger partial charge in [0.15, 0.2) is 0 Å². The molecule has 2 aromatic carbocycles. The molecule has 0 atom stereocenters. The molecule has 1 amide bonds. The fraction of sp³-hybridized carbons (Fsp3) is 0.318. The molecule has 0 unspecified atom stereocenters. The number of alkyl halides is 3. The Bertz CT molecular complexity index is 1190. The number of ether oxygens (including phenoxy) is 1. The van der Waals surface area contributed by atoms with Gasteiger partial charge >= 0.3 is 6.36 Å². The second-order valence-corrected chi connectivity index (χ2v) is 7.40. The molecule has 0 aliphatic carbocycles. The van der Waals surface area contributed by atoms with Gasteiger partial charge in [-0.3, -0.25) is 9.59 Å². The molecule has 3 rings (SSSR count). The quantitative estimate of drug-likeness (QED) is 0.578. The fourth-order valence-electron chi connectivity index (χ4n) is 3.27. The Kier molecular flexibility index (Phi) is 6.83. The first-order chi connectivity index (χ1) is 15.1. The number of amides is 1. The molecule has 0 saturated carbocycles. The molecular formula is C22H22F3N3O4. The van der Waals surface area contributed by atoms with Crippen molar-refractivity contribution in [1.82, 2.24) is 14.9 Å². The van der Waals surface area contributed by atoms with Crippen molar-refractivity contribution in [3.63, 3.8) is 0 Å². The number of rotatable bonds is 7. The minimum atomic E-state index is -4.81. The highest BCUT2D eigenvalue weighted by molar-refractivity contribution is 5.82. The van der Waals surface area contributed by atoms with Crippen LogP contribution in [0.2, 0.25) is 0 Å². The van der Waals surface area contributed by atoms with Crippen LogP contribution in [0.3, 0.4) is 0 Å². The minimum Gasteiger partial charge on any atom is -0.406 e. The van der Waals surface area contributed by atoms with E-state index in [-0.39, 0.29) is 30.3 Å². The van der Waals surface area contributed by atoms with Crippen LogP contribution < -0.4 is 15.6 Å². The van der Waals surface area contributed by atoms with Gasteiger partial charge in [0, 0.05) is 19.0 Å². The van der Waals surface area contributed by atoms with Crippen LogP contribution in [0.25, 0.3) is 22.2 Å². The normalized spacial score (nSPS) is 11.7. The van der Waals surface area contributed by atoms with Crippen molar-refractivity contribution in [2.24, 2.45) is 0 Å². The number of aliphatic hydroxyl groups excluding tert-OH is 1. The standard InChI is InChI=1S/C22H22F3N3O4/c1-13(2)20-21(31)28(9-8-26-19(30)12-29)18-11-15(6-7-17(18)27-20)14-4-3-5-16(10-14)32-22(23,24)25/h3-7,10-11,13,29H,8-9,12H2,1-2H3,(H,26,30). The third-order valence-electron chi connectivity index (χ3n) is 4.72. The fourth-order valence-corrected chi connectivity index (χ4v) is 3.27. The summed E-state index contributed by atoms with van der Waals surface area (Å²) in [5, 5.41) is 11.4. The first kappa shape index (κ1) is 23.3. The lowest BCUT2D eigenvalue weighted by atomic mass is 10.0. The number of carbonyl (C=O) groups excluding carboxylic acids is 1. The van der Waals surface area contributed by atoms with E-state index in [0.29, 0.717) is 27.9 Å². The van der Waals surface area contributed by atoms with Crippen molar-refractivity contribution in [2.75, 3.05) is 13.2 Å². The predicted octanol–water partition coefficient (Wildman–Crippen LogP) is 3.19. The molecule has 0 aliphatic rings. The maximum atomic E-state index is 13.0. The minimum absolute atomic E-state index is 0.106. The van der Waals surface area contributed by atoms with Crippen molar-refractivity contribution in [3.8, 4) is 16.9 Å². The van der Waals surface area contributed by atoms with Gasteiger partial charge in [-0.05, 0) is 35.4 Å². The van der Waals surface area contributed by atoms with Gasteiger partial charge in [-0.2, -0.15) is 0 Å². The molecule has 0 fully saturated rings. The molecule has 7 nitrogen and oxygen atoms in total. The Labute approximate surface area is 181 Å². The average molecular weight is 449 g/mol. The molecule has 0 spiro atoms. The van der Waals surface area contributed by atoms with Crippen molar-refractivity contribution in [3.05, 3.63) is 58.5 Å². The summed E-state index contributed by atoms with van der Waals surface area (Å²) in [5.74, 6) is -1.06. The number of nitrogens with zero attached hydrogens (tertiary/aromatic N) is 2. The van der Waals surface area contributed by atoms with E-state index in [2.05, 4.69) is 15.0 Å². The molecule has 0 aliphatic heterocycles. The summed E-state index contributed by atoms with van der Waals surface area (Å²) in [6.45, 7) is 3.25. The van der Waals surface area contributed by atoms with Gasteiger partial charge in [0.2, 0.25) is 5.91 Å². The number of hydrogen-bond donors (Lipinski definition) is 2. The molecule has 0 saturated heterocycles. The van der Waals surface area contributed by atoms with Gasteiger partial charge in [0.25, 0.3) is 5.56 Å². The number of aliphatic hydroxyl groups is 1. The van der Waals surface area contributed by atoms with Gasteiger partial charge in [-0.15, -0.1) is 13.2 Å². The van der Waals surface area contributed by atoms with Crippen LogP contribution in [0.15, 0.2) is 47.3 Å². The molecule has 0 bridgehead atoms. The van der Waals surface area contributed by atoms with Crippen LogP contribution in [0.4, 0.5) is 13.2 Å². The van der Waals surface area contributed by atoms with E-state index in [4.69, 9.17) is 5.11 Å². The average Bonchev–Trinajstić information content (AvgIpc) is 2.73. The predicted molar refractivity (Wildman–Crippen MR) is 112 cm³/mol. The van der Waals surface area contributed by atoms with Crippen LogP contribution in [-0.2, 0) is 11.3 Å². The molecule has 1 heterocycles. The van der Waals surface area contributed by atoms with Crippen molar-refractivity contribution in [2.45, 2.75) is 32.7 Å². The highest BCUT2D eigenvalue weighted by atomic mass is 19.4. The summed E-state index contributed by atoms with van der Waals surface area (Å²) >= 11 is 0. The molecule has 0 radical (unpaired) electrons. The Balaban J connectivity index is 2.07. The van der Waals surface area contributed by atoms with Crippen LogP contribution in [0.1, 0.15) is 25.5 Å². The highest BCUT2D eigenvalue weighted by Crippen LogP contribution is 2.29. The Morgan fingerprint density at radius 2 is 1.91 bits per heavy atom. The van der Waals surface area contributed by atoms with Gasteiger partial charge in [0.05, 0.1) is 11.0 Å². The molecular weight excluding hydrogens is 427 g/mol. The van der Waals surface area contributed by atoms with Crippen molar-refractivity contribution < 1.29 is 27.8 Å². The zero-order chi connectivity index (χ0) is 23.5. The lowest BCUT2D eigenvalue weighted by molar-refractivity contribution is -0.274. The largest absolute Gasteiger partial charge is 0.573 e. The monoisotopic (exact) mass is 449 g/mol. The molecule has 32 heavy (non-hydrogen) atoms. The van der Waals surface area contributed by atoms with Crippen LogP contribution >= 0.6 is 0 Å². The van der Waals surface area contributed by atoms with Crippen molar-refractivity contribution in [1.29, 1.82) is 0 Å². The number of hydrogen-bond acceptors (Lipinski definition) is 5. The second kappa shape index (κ2) is 9.39. The zero-order valence-electron chi connectivity index (χ0n) is 17.4. The van der Waals surface area contributed by atoms with Crippen LogP contribution in [0, 0.1) is 0 Å². The Morgan fingerprint density at radius 3 is 2.56 bits per heavy atom. The number of aromatic nitrogens is 2. The van der Waals surface area contributed by atoms with E-state index in [1.807, 2.05) is 13.8 Å². The molecule has 1 aromatic heterocycles. The smallest absolute Gasteiger partial charge is 0.406 e. The maximum absolute atomic E-state index is 13.0. The summed E-state index contributed by atoms with van der Waals surface area (Å²) < 4.78 is 43.2. The van der Waals surface area contributed by atoms with E-state index in [1.54, 1.807) is 24.3 Å². The van der Waals surface area contributed by atoms with E-state index < -0.39 is 18.9 Å².